The first kappa shape index (κ1) is 20.0. The molecule has 0 spiro atoms. The molecule has 1 aromatic carbocycles. The zero-order valence-corrected chi connectivity index (χ0v) is 16.8. The van der Waals surface area contributed by atoms with Crippen LogP contribution in [0.4, 0.5) is 4.79 Å². The molecule has 0 unspecified atom stereocenters. The fourth-order valence-corrected chi connectivity index (χ4v) is 3.81. The number of thiophene rings is 1. The van der Waals surface area contributed by atoms with E-state index in [1.807, 2.05) is 59.1 Å². The third-order valence-electron chi connectivity index (χ3n) is 4.70. The molecule has 0 radical (unpaired) electrons. The predicted octanol–water partition coefficient (Wildman–Crippen LogP) is 2.15. The summed E-state index contributed by atoms with van der Waals surface area (Å²) in [5, 5.41) is 7.50. The van der Waals surface area contributed by atoms with Crippen molar-refractivity contribution in [1.29, 1.82) is 0 Å². The molecule has 0 bridgehead atoms. The number of aryl methyl sites for hydroxylation is 1. The summed E-state index contributed by atoms with van der Waals surface area (Å²) >= 11 is 1.60. The van der Waals surface area contributed by atoms with Gasteiger partial charge in [0, 0.05) is 6.54 Å². The highest BCUT2D eigenvalue weighted by Gasteiger charge is 2.48. The predicted molar refractivity (Wildman–Crippen MR) is 107 cm³/mol. The number of imide groups is 1. The third kappa shape index (κ3) is 4.76. The maximum atomic E-state index is 12.8. The molecule has 4 amide bonds. The Balaban J connectivity index is 1.54. The summed E-state index contributed by atoms with van der Waals surface area (Å²) in [4.78, 5) is 39.1. The van der Waals surface area contributed by atoms with Gasteiger partial charge in [0.2, 0.25) is 0 Å². The van der Waals surface area contributed by atoms with E-state index in [4.69, 9.17) is 0 Å². The number of hydrogen-bond donors (Lipinski definition) is 2. The lowest BCUT2D eigenvalue weighted by atomic mass is 9.93. The van der Waals surface area contributed by atoms with Crippen molar-refractivity contribution in [3.8, 4) is 0 Å². The Morgan fingerprint density at radius 1 is 1.21 bits per heavy atom. The standard InChI is InChI=1S/C20H24N4O3S/c1-20(10-8-15-6-4-3-5-7-15)18(26)24(19(27)21-20)22-17(25)13-23(2)12-16-9-11-28-14-16/h3-7,9,11,14H,8,10,12-13H2,1-2H3,(H,21,27)(H,22,25)/t20-/m0/s1. The molecule has 2 aromatic rings. The van der Waals surface area contributed by atoms with Crippen LogP contribution in [0.15, 0.2) is 47.2 Å². The highest BCUT2D eigenvalue weighted by molar-refractivity contribution is 7.07. The zero-order valence-electron chi connectivity index (χ0n) is 16.0. The van der Waals surface area contributed by atoms with Gasteiger partial charge in [-0.25, -0.2) is 4.79 Å². The average Bonchev–Trinajstić information content (AvgIpc) is 3.23. The smallest absolute Gasteiger partial charge is 0.322 e. The second-order valence-electron chi connectivity index (χ2n) is 7.23. The molecule has 2 heterocycles. The number of likely N-dealkylation sites (N-methyl/N-ethyl adjacent to an activating group) is 1. The van der Waals surface area contributed by atoms with Crippen LogP contribution in [0.5, 0.6) is 0 Å². The first-order valence-corrected chi connectivity index (χ1v) is 10.0. The largest absolute Gasteiger partial charge is 0.344 e. The lowest BCUT2D eigenvalue weighted by Gasteiger charge is -2.22. The molecular formula is C20H24N4O3S. The SMILES string of the molecule is CN(CC(=O)NN1C(=O)N[C@@](C)(CCc2ccccc2)C1=O)Cc1ccsc1. The van der Waals surface area contributed by atoms with Gasteiger partial charge in [-0.15, -0.1) is 0 Å². The number of hydrazine groups is 1. The second-order valence-corrected chi connectivity index (χ2v) is 8.01. The summed E-state index contributed by atoms with van der Waals surface area (Å²) in [5.41, 5.74) is 3.60. The van der Waals surface area contributed by atoms with E-state index in [9.17, 15) is 14.4 Å². The number of hydrogen-bond acceptors (Lipinski definition) is 5. The number of carbonyl (C=O) groups is 3. The van der Waals surface area contributed by atoms with Crippen LogP contribution in [0.25, 0.3) is 0 Å². The van der Waals surface area contributed by atoms with Gasteiger partial charge < -0.3 is 5.32 Å². The Kier molecular flexibility index (Phi) is 6.11. The lowest BCUT2D eigenvalue weighted by Crippen LogP contribution is -2.51. The lowest BCUT2D eigenvalue weighted by molar-refractivity contribution is -0.139. The van der Waals surface area contributed by atoms with Crippen LogP contribution >= 0.6 is 11.3 Å². The van der Waals surface area contributed by atoms with Crippen LogP contribution in [0, 0.1) is 0 Å². The van der Waals surface area contributed by atoms with Crippen LogP contribution in [-0.4, -0.2) is 46.9 Å². The Bertz CT molecular complexity index is 840. The fraction of sp³-hybridized carbons (Fsp3) is 0.350. The van der Waals surface area contributed by atoms with Gasteiger partial charge in [0.1, 0.15) is 5.54 Å². The molecule has 3 rings (SSSR count). The van der Waals surface area contributed by atoms with Crippen molar-refractivity contribution in [2.24, 2.45) is 0 Å². The normalized spacial score (nSPS) is 19.2. The van der Waals surface area contributed by atoms with Crippen LogP contribution < -0.4 is 10.7 Å². The number of benzene rings is 1. The quantitative estimate of drug-likeness (QED) is 0.666. The van der Waals surface area contributed by atoms with E-state index < -0.39 is 23.4 Å². The van der Waals surface area contributed by atoms with Gasteiger partial charge in [0.15, 0.2) is 0 Å². The summed E-state index contributed by atoms with van der Waals surface area (Å²) in [6.07, 6.45) is 1.10. The second kappa shape index (κ2) is 8.53. The minimum absolute atomic E-state index is 0.0770. The first-order valence-electron chi connectivity index (χ1n) is 9.07. The zero-order chi connectivity index (χ0) is 20.1. The molecule has 0 saturated carbocycles. The number of carbonyl (C=O) groups excluding carboxylic acids is 3. The molecule has 7 nitrogen and oxygen atoms in total. The Labute approximate surface area is 168 Å². The summed E-state index contributed by atoms with van der Waals surface area (Å²) < 4.78 is 0. The monoisotopic (exact) mass is 400 g/mol. The maximum absolute atomic E-state index is 12.8. The number of nitrogens with zero attached hydrogens (tertiary/aromatic N) is 2. The molecule has 28 heavy (non-hydrogen) atoms. The topological polar surface area (TPSA) is 81.8 Å². The summed E-state index contributed by atoms with van der Waals surface area (Å²) in [6.45, 7) is 2.38. The molecular weight excluding hydrogens is 376 g/mol. The Morgan fingerprint density at radius 2 is 1.96 bits per heavy atom. The van der Waals surface area contributed by atoms with Gasteiger partial charge >= 0.3 is 6.03 Å². The number of urea groups is 1. The van der Waals surface area contributed by atoms with Crippen molar-refractivity contribution in [2.75, 3.05) is 13.6 Å². The summed E-state index contributed by atoms with van der Waals surface area (Å²) in [7, 11) is 1.81. The van der Waals surface area contributed by atoms with Gasteiger partial charge in [-0.2, -0.15) is 16.3 Å². The molecule has 1 fully saturated rings. The minimum Gasteiger partial charge on any atom is -0.322 e. The van der Waals surface area contributed by atoms with Crippen LogP contribution in [0.1, 0.15) is 24.5 Å². The van der Waals surface area contributed by atoms with Crippen molar-refractivity contribution >= 4 is 29.2 Å². The van der Waals surface area contributed by atoms with Crippen LogP contribution in [0.2, 0.25) is 0 Å². The van der Waals surface area contributed by atoms with Crippen LogP contribution in [0.3, 0.4) is 0 Å². The Morgan fingerprint density at radius 3 is 2.64 bits per heavy atom. The third-order valence-corrected chi connectivity index (χ3v) is 5.43. The molecule has 1 aliphatic heterocycles. The van der Waals surface area contributed by atoms with Gasteiger partial charge in [-0.3, -0.25) is 19.9 Å². The van der Waals surface area contributed by atoms with E-state index in [1.54, 1.807) is 18.3 Å². The van der Waals surface area contributed by atoms with E-state index in [0.717, 1.165) is 16.1 Å². The number of amides is 4. The molecule has 1 saturated heterocycles. The van der Waals surface area contributed by atoms with Crippen molar-refractivity contribution in [2.45, 2.75) is 31.8 Å². The van der Waals surface area contributed by atoms with Gasteiger partial charge in [0.05, 0.1) is 6.54 Å². The minimum atomic E-state index is -1.04. The van der Waals surface area contributed by atoms with Crippen molar-refractivity contribution < 1.29 is 14.4 Å². The van der Waals surface area contributed by atoms with E-state index in [-0.39, 0.29) is 6.54 Å². The molecule has 1 atom stereocenters. The summed E-state index contributed by atoms with van der Waals surface area (Å²) in [6, 6.07) is 11.2. The van der Waals surface area contributed by atoms with Crippen molar-refractivity contribution in [3.05, 3.63) is 58.3 Å². The number of rotatable bonds is 8. The average molecular weight is 401 g/mol. The summed E-state index contributed by atoms with van der Waals surface area (Å²) in [5.74, 6) is -0.851. The highest BCUT2D eigenvalue weighted by atomic mass is 32.1. The Hall–Kier alpha value is -2.71. The van der Waals surface area contributed by atoms with Crippen LogP contribution in [-0.2, 0) is 22.6 Å². The fourth-order valence-electron chi connectivity index (χ4n) is 3.15. The highest BCUT2D eigenvalue weighted by Crippen LogP contribution is 2.22. The molecule has 1 aromatic heterocycles. The molecule has 0 aliphatic carbocycles. The molecule has 148 valence electrons. The van der Waals surface area contributed by atoms with Gasteiger partial charge in [-0.05, 0) is 54.8 Å². The van der Waals surface area contributed by atoms with Crippen molar-refractivity contribution in [1.82, 2.24) is 20.7 Å². The van der Waals surface area contributed by atoms with E-state index in [0.29, 0.717) is 19.4 Å². The van der Waals surface area contributed by atoms with Gasteiger partial charge in [0.25, 0.3) is 11.8 Å². The molecule has 1 aliphatic rings. The van der Waals surface area contributed by atoms with Crippen molar-refractivity contribution in [3.63, 3.8) is 0 Å². The number of nitrogens with one attached hydrogen (secondary N) is 2. The first-order chi connectivity index (χ1) is 13.4. The molecule has 2 N–H and O–H groups in total. The van der Waals surface area contributed by atoms with Gasteiger partial charge in [-0.1, -0.05) is 30.3 Å². The maximum Gasteiger partial charge on any atom is 0.344 e. The van der Waals surface area contributed by atoms with E-state index in [2.05, 4.69) is 10.7 Å². The van der Waals surface area contributed by atoms with E-state index >= 15 is 0 Å². The molecule has 8 heteroatoms. The van der Waals surface area contributed by atoms with E-state index in [1.165, 1.54) is 0 Å².